The first-order valence-electron chi connectivity index (χ1n) is 9.02. The van der Waals surface area contributed by atoms with E-state index in [1.54, 1.807) is 12.4 Å². The number of rotatable bonds is 4. The Bertz CT molecular complexity index is 746. The molecule has 6 heteroatoms. The molecule has 4 atom stereocenters. The van der Waals surface area contributed by atoms with E-state index in [4.69, 9.17) is 4.74 Å². The van der Waals surface area contributed by atoms with Crippen molar-refractivity contribution >= 4 is 11.8 Å². The van der Waals surface area contributed by atoms with E-state index in [1.165, 1.54) is 0 Å². The molecule has 3 fully saturated rings. The smallest absolute Gasteiger partial charge is 0.230 e. The monoisotopic (exact) mass is 339 g/mol. The number of carbonyl (C=O) groups is 2. The summed E-state index contributed by atoms with van der Waals surface area (Å²) in [6.45, 7) is 2.82. The summed E-state index contributed by atoms with van der Waals surface area (Å²) >= 11 is 0. The Morgan fingerprint density at radius 1 is 1.32 bits per heavy atom. The van der Waals surface area contributed by atoms with Gasteiger partial charge in [0, 0.05) is 32.0 Å². The Labute approximate surface area is 146 Å². The van der Waals surface area contributed by atoms with Crippen molar-refractivity contribution in [3.8, 4) is 0 Å². The Hall–Kier alpha value is -2.21. The van der Waals surface area contributed by atoms with E-state index in [2.05, 4.69) is 4.98 Å². The molecule has 3 saturated heterocycles. The molecule has 5 rings (SSSR count). The van der Waals surface area contributed by atoms with Crippen LogP contribution in [-0.2, 0) is 20.7 Å². The van der Waals surface area contributed by atoms with E-state index < -0.39 is 5.60 Å². The molecule has 2 bridgehead atoms. The third-order valence-electron chi connectivity index (χ3n) is 6.05. The van der Waals surface area contributed by atoms with E-state index in [1.807, 2.05) is 34.1 Å². The van der Waals surface area contributed by atoms with Gasteiger partial charge in [-0.15, -0.1) is 0 Å². The summed E-state index contributed by atoms with van der Waals surface area (Å²) in [6, 6.07) is 3.94. The number of fused-ring (bicyclic) bond motifs is 1. The molecule has 130 valence electrons. The van der Waals surface area contributed by atoms with Crippen molar-refractivity contribution in [3.05, 3.63) is 42.2 Å². The lowest BCUT2D eigenvalue weighted by molar-refractivity contribution is -0.145. The molecular formula is C19H21N3O3. The van der Waals surface area contributed by atoms with Gasteiger partial charge in [0.25, 0.3) is 0 Å². The molecule has 2 unspecified atom stereocenters. The maximum atomic E-state index is 13.1. The average molecular weight is 339 g/mol. The van der Waals surface area contributed by atoms with Crippen molar-refractivity contribution in [2.45, 2.75) is 24.5 Å². The van der Waals surface area contributed by atoms with Crippen molar-refractivity contribution in [2.24, 2.45) is 11.8 Å². The van der Waals surface area contributed by atoms with Gasteiger partial charge in [0.2, 0.25) is 11.8 Å². The van der Waals surface area contributed by atoms with Gasteiger partial charge in [-0.25, -0.2) is 0 Å². The van der Waals surface area contributed by atoms with Crippen LogP contribution in [-0.4, -0.2) is 64.5 Å². The van der Waals surface area contributed by atoms with E-state index in [9.17, 15) is 9.59 Å². The summed E-state index contributed by atoms with van der Waals surface area (Å²) in [5, 5.41) is 0. The Balaban J connectivity index is 1.35. The number of nitrogens with zero attached hydrogens (tertiary/aromatic N) is 3. The number of carbonyl (C=O) groups excluding carboxylic acids is 2. The quantitative estimate of drug-likeness (QED) is 0.755. The molecule has 4 aliphatic rings. The predicted octanol–water partition coefficient (Wildman–Crippen LogP) is 0.638. The molecule has 4 aliphatic heterocycles. The van der Waals surface area contributed by atoms with Crippen molar-refractivity contribution in [2.75, 3.05) is 26.2 Å². The van der Waals surface area contributed by atoms with Crippen molar-refractivity contribution in [1.29, 1.82) is 0 Å². The van der Waals surface area contributed by atoms with Crippen molar-refractivity contribution < 1.29 is 14.3 Å². The molecule has 0 saturated carbocycles. The standard InChI is InChI=1S/C19H21N3O3/c23-17(21-9-1-10-21)15-14-2-6-19(25-14)12-22(18(24)16(15)19)11-5-13-3-7-20-8-4-13/h2-4,6-8,14-16H,1,5,9-12H2/t14-,15?,16?,19-/m0/s1. The maximum Gasteiger partial charge on any atom is 0.230 e. The fourth-order valence-electron chi connectivity index (χ4n) is 4.61. The van der Waals surface area contributed by atoms with E-state index in [0.717, 1.165) is 31.5 Å². The largest absolute Gasteiger partial charge is 0.360 e. The molecule has 1 aromatic rings. The Morgan fingerprint density at radius 3 is 2.84 bits per heavy atom. The van der Waals surface area contributed by atoms with Gasteiger partial charge >= 0.3 is 0 Å². The van der Waals surface area contributed by atoms with Crippen LogP contribution < -0.4 is 0 Å². The highest BCUT2D eigenvalue weighted by Crippen LogP contribution is 2.52. The first kappa shape index (κ1) is 15.1. The van der Waals surface area contributed by atoms with Crippen LogP contribution >= 0.6 is 0 Å². The second-order valence-corrected chi connectivity index (χ2v) is 7.44. The van der Waals surface area contributed by atoms with Crippen LogP contribution in [0.2, 0.25) is 0 Å². The van der Waals surface area contributed by atoms with E-state index >= 15 is 0 Å². The normalized spacial score (nSPS) is 35.2. The summed E-state index contributed by atoms with van der Waals surface area (Å²) in [6.07, 6.45) is 9.15. The van der Waals surface area contributed by atoms with Gasteiger partial charge < -0.3 is 14.5 Å². The summed E-state index contributed by atoms with van der Waals surface area (Å²) in [5.41, 5.74) is 0.567. The molecule has 1 spiro atoms. The van der Waals surface area contributed by atoms with Crippen LogP contribution in [0.3, 0.4) is 0 Å². The van der Waals surface area contributed by atoms with Crippen LogP contribution in [0, 0.1) is 11.8 Å². The molecule has 1 aromatic heterocycles. The van der Waals surface area contributed by atoms with Crippen LogP contribution in [0.25, 0.3) is 0 Å². The van der Waals surface area contributed by atoms with Gasteiger partial charge in [-0.3, -0.25) is 14.6 Å². The molecule has 5 heterocycles. The number of hydrogen-bond acceptors (Lipinski definition) is 4. The van der Waals surface area contributed by atoms with Gasteiger partial charge in [-0.2, -0.15) is 0 Å². The molecule has 6 nitrogen and oxygen atoms in total. The number of likely N-dealkylation sites (tertiary alicyclic amines) is 2. The van der Waals surface area contributed by atoms with Gasteiger partial charge in [0.1, 0.15) is 5.60 Å². The molecule has 0 N–H and O–H groups in total. The zero-order valence-corrected chi connectivity index (χ0v) is 14.0. The van der Waals surface area contributed by atoms with Gasteiger partial charge in [0.15, 0.2) is 0 Å². The molecule has 0 radical (unpaired) electrons. The highest BCUT2D eigenvalue weighted by molar-refractivity contribution is 5.93. The average Bonchev–Trinajstić information content (AvgIpc) is 3.21. The lowest BCUT2D eigenvalue weighted by Gasteiger charge is -2.35. The van der Waals surface area contributed by atoms with Crippen LogP contribution in [0.5, 0.6) is 0 Å². The van der Waals surface area contributed by atoms with Gasteiger partial charge in [0.05, 0.1) is 24.5 Å². The first-order valence-corrected chi connectivity index (χ1v) is 9.02. The molecule has 2 amide bonds. The molecular weight excluding hydrogens is 318 g/mol. The summed E-state index contributed by atoms with van der Waals surface area (Å²) in [7, 11) is 0. The third-order valence-corrected chi connectivity index (χ3v) is 6.05. The SMILES string of the molecule is O=C(C1C2C(=O)N(CCc3ccncc3)C[C@@]23C=C[C@@H]1O3)N1CCC1. The van der Waals surface area contributed by atoms with Gasteiger partial charge in [-0.05, 0) is 30.5 Å². The van der Waals surface area contributed by atoms with Crippen molar-refractivity contribution in [1.82, 2.24) is 14.8 Å². The first-order chi connectivity index (χ1) is 12.2. The third kappa shape index (κ3) is 2.16. The zero-order valence-electron chi connectivity index (χ0n) is 14.0. The zero-order chi connectivity index (χ0) is 17.0. The highest BCUT2D eigenvalue weighted by atomic mass is 16.5. The second-order valence-electron chi connectivity index (χ2n) is 7.44. The lowest BCUT2D eigenvalue weighted by atomic mass is 9.76. The molecule has 25 heavy (non-hydrogen) atoms. The summed E-state index contributed by atoms with van der Waals surface area (Å²) in [4.78, 5) is 33.6. The number of aromatic nitrogens is 1. The minimum Gasteiger partial charge on any atom is -0.360 e. The minimum atomic E-state index is -0.592. The second kappa shape index (κ2) is 5.39. The number of ether oxygens (including phenoxy) is 1. The molecule has 0 aromatic carbocycles. The molecule has 0 aliphatic carbocycles. The Morgan fingerprint density at radius 2 is 2.12 bits per heavy atom. The summed E-state index contributed by atoms with van der Waals surface area (Å²) < 4.78 is 6.16. The van der Waals surface area contributed by atoms with Crippen molar-refractivity contribution in [3.63, 3.8) is 0 Å². The topological polar surface area (TPSA) is 62.7 Å². The van der Waals surface area contributed by atoms with Crippen LogP contribution in [0.1, 0.15) is 12.0 Å². The summed E-state index contributed by atoms with van der Waals surface area (Å²) in [5.74, 6) is -0.534. The predicted molar refractivity (Wildman–Crippen MR) is 89.4 cm³/mol. The number of amides is 2. The van der Waals surface area contributed by atoms with Gasteiger partial charge in [-0.1, -0.05) is 12.2 Å². The van der Waals surface area contributed by atoms with E-state index in [-0.39, 0.29) is 29.8 Å². The minimum absolute atomic E-state index is 0.0692. The maximum absolute atomic E-state index is 13.1. The fraction of sp³-hybridized carbons (Fsp3) is 0.526. The number of pyridine rings is 1. The van der Waals surface area contributed by atoms with Crippen LogP contribution in [0.4, 0.5) is 0 Å². The highest BCUT2D eigenvalue weighted by Gasteiger charge is 2.67. The fourth-order valence-corrected chi connectivity index (χ4v) is 4.61. The van der Waals surface area contributed by atoms with E-state index in [0.29, 0.717) is 13.1 Å². The van der Waals surface area contributed by atoms with Crippen LogP contribution in [0.15, 0.2) is 36.7 Å². The lowest BCUT2D eigenvalue weighted by Crippen LogP contribution is -2.50. The Kier molecular flexibility index (Phi) is 3.25. The number of hydrogen-bond donors (Lipinski definition) is 0.